The zero-order valence-electron chi connectivity index (χ0n) is 16.7. The van der Waals surface area contributed by atoms with Gasteiger partial charge in [-0.2, -0.15) is 0 Å². The maximum atomic E-state index is 12.5. The van der Waals surface area contributed by atoms with Crippen LogP contribution in [0.4, 0.5) is 0 Å². The monoisotopic (exact) mass is 396 g/mol. The molecular formula is C23H24O6. The van der Waals surface area contributed by atoms with Gasteiger partial charge in [0, 0.05) is 22.1 Å². The summed E-state index contributed by atoms with van der Waals surface area (Å²) < 4.78 is 16.1. The van der Waals surface area contributed by atoms with E-state index in [0.717, 1.165) is 12.8 Å². The molecule has 3 rings (SSSR count). The molecule has 6 heteroatoms. The average Bonchev–Trinajstić information content (AvgIpc) is 2.68. The molecule has 0 amide bonds. The summed E-state index contributed by atoms with van der Waals surface area (Å²) in [7, 11) is 0. The minimum absolute atomic E-state index is 0.0251. The third-order valence-corrected chi connectivity index (χ3v) is 5.03. The van der Waals surface area contributed by atoms with Gasteiger partial charge in [-0.3, -0.25) is 0 Å². The van der Waals surface area contributed by atoms with E-state index in [1.165, 1.54) is 0 Å². The Bertz CT molecular complexity index is 1040. The van der Waals surface area contributed by atoms with Gasteiger partial charge in [0.25, 0.3) is 0 Å². The number of carbonyl (C=O) groups is 2. The lowest BCUT2D eigenvalue weighted by atomic mass is 9.83. The van der Waals surface area contributed by atoms with Crippen molar-refractivity contribution in [2.24, 2.45) is 0 Å². The predicted octanol–water partition coefficient (Wildman–Crippen LogP) is 4.42. The van der Waals surface area contributed by atoms with Crippen LogP contribution in [0.15, 0.2) is 57.8 Å². The maximum absolute atomic E-state index is 12.5. The van der Waals surface area contributed by atoms with Crippen LogP contribution < -0.4 is 10.4 Å². The molecule has 0 radical (unpaired) electrons. The highest BCUT2D eigenvalue weighted by atomic mass is 16.5. The molecule has 1 aromatic heterocycles. The van der Waals surface area contributed by atoms with Gasteiger partial charge in [-0.1, -0.05) is 13.2 Å². The fraction of sp³-hybridized carbons (Fsp3) is 0.348. The summed E-state index contributed by atoms with van der Waals surface area (Å²) in [6, 6.07) is 6.65. The van der Waals surface area contributed by atoms with Gasteiger partial charge in [-0.25, -0.2) is 14.4 Å². The van der Waals surface area contributed by atoms with Crippen molar-refractivity contribution in [2.45, 2.75) is 51.6 Å². The van der Waals surface area contributed by atoms with Crippen molar-refractivity contribution in [3.63, 3.8) is 0 Å². The van der Waals surface area contributed by atoms with Crippen molar-refractivity contribution in [3.8, 4) is 5.75 Å². The number of benzene rings is 1. The number of hydrogen-bond acceptors (Lipinski definition) is 6. The summed E-state index contributed by atoms with van der Waals surface area (Å²) in [5.74, 6) is -0.502. The van der Waals surface area contributed by atoms with Gasteiger partial charge in [-0.15, -0.1) is 0 Å². The molecule has 29 heavy (non-hydrogen) atoms. The molecule has 1 heterocycles. The first-order chi connectivity index (χ1) is 13.7. The number of carbonyl (C=O) groups excluding carboxylic acids is 2. The van der Waals surface area contributed by atoms with Gasteiger partial charge >= 0.3 is 17.6 Å². The van der Waals surface area contributed by atoms with Crippen LogP contribution in [0.5, 0.6) is 5.75 Å². The standard InChI is InChI=1S/C23H24O6/c1-13(2)21(24)27-17-7-5-15(6-8-17)19-12-16-11-18(28-22(25)14(3)4)9-10-20(16)29-23(19)26/h9-12,15,17H,1,3,5-8H2,2,4H3. The zero-order chi connectivity index (χ0) is 21.1. The molecule has 0 unspecified atom stereocenters. The van der Waals surface area contributed by atoms with Gasteiger partial charge in [0.2, 0.25) is 0 Å². The fourth-order valence-corrected chi connectivity index (χ4v) is 3.40. The van der Waals surface area contributed by atoms with Gasteiger partial charge in [-0.05, 0) is 69.7 Å². The molecule has 1 aromatic carbocycles. The summed E-state index contributed by atoms with van der Waals surface area (Å²) in [5, 5.41) is 0.683. The molecule has 1 fully saturated rings. The largest absolute Gasteiger partial charge is 0.459 e. The van der Waals surface area contributed by atoms with Gasteiger partial charge < -0.3 is 13.9 Å². The molecule has 1 aliphatic carbocycles. The second-order valence-electron chi connectivity index (χ2n) is 7.52. The fourth-order valence-electron chi connectivity index (χ4n) is 3.40. The number of fused-ring (bicyclic) bond motifs is 1. The van der Waals surface area contributed by atoms with Crippen molar-refractivity contribution in [2.75, 3.05) is 0 Å². The molecule has 0 spiro atoms. The number of ether oxygens (including phenoxy) is 2. The van der Waals surface area contributed by atoms with Crippen molar-refractivity contribution in [3.05, 3.63) is 64.6 Å². The number of hydrogen-bond donors (Lipinski definition) is 0. The Morgan fingerprint density at radius 2 is 1.66 bits per heavy atom. The lowest BCUT2D eigenvalue weighted by Gasteiger charge is -2.28. The smallest absolute Gasteiger partial charge is 0.339 e. The second-order valence-corrected chi connectivity index (χ2v) is 7.52. The summed E-state index contributed by atoms with van der Waals surface area (Å²) in [4.78, 5) is 35.9. The van der Waals surface area contributed by atoms with Crippen LogP contribution in [0.25, 0.3) is 11.0 Å². The van der Waals surface area contributed by atoms with Crippen LogP contribution in [0, 0.1) is 0 Å². The van der Waals surface area contributed by atoms with Crippen LogP contribution >= 0.6 is 0 Å². The highest BCUT2D eigenvalue weighted by Gasteiger charge is 2.27. The Morgan fingerprint density at radius 1 is 1.00 bits per heavy atom. The average molecular weight is 396 g/mol. The van der Waals surface area contributed by atoms with Gasteiger partial charge in [0.15, 0.2) is 0 Å². The van der Waals surface area contributed by atoms with Gasteiger partial charge in [0.05, 0.1) is 0 Å². The topological polar surface area (TPSA) is 82.8 Å². The summed E-state index contributed by atoms with van der Waals surface area (Å²) in [6.07, 6.45) is 2.63. The van der Waals surface area contributed by atoms with Crippen LogP contribution in [-0.2, 0) is 14.3 Å². The van der Waals surface area contributed by atoms with E-state index in [9.17, 15) is 14.4 Å². The van der Waals surface area contributed by atoms with Crippen molar-refractivity contribution < 1.29 is 23.5 Å². The van der Waals surface area contributed by atoms with E-state index in [1.807, 2.05) is 0 Å². The molecule has 2 aromatic rings. The van der Waals surface area contributed by atoms with Crippen molar-refractivity contribution >= 4 is 22.9 Å². The molecule has 1 aliphatic rings. The first kappa shape index (κ1) is 20.6. The molecule has 0 atom stereocenters. The van der Waals surface area contributed by atoms with Crippen molar-refractivity contribution in [1.29, 1.82) is 0 Å². The Kier molecular flexibility index (Phi) is 6.01. The minimum atomic E-state index is -0.510. The molecule has 0 saturated heterocycles. The highest BCUT2D eigenvalue weighted by molar-refractivity contribution is 5.89. The summed E-state index contributed by atoms with van der Waals surface area (Å²) in [5.41, 5.74) is 1.33. The highest BCUT2D eigenvalue weighted by Crippen LogP contribution is 2.34. The molecular weight excluding hydrogens is 372 g/mol. The normalized spacial score (nSPS) is 18.8. The molecule has 0 N–H and O–H groups in total. The Balaban J connectivity index is 1.77. The first-order valence-corrected chi connectivity index (χ1v) is 9.56. The van der Waals surface area contributed by atoms with Gasteiger partial charge in [0.1, 0.15) is 17.4 Å². The SMILES string of the molecule is C=C(C)C(=O)Oc1ccc2oc(=O)c(C3CCC(OC(=O)C(=C)C)CC3)cc2c1. The van der Waals surface area contributed by atoms with Crippen LogP contribution in [-0.4, -0.2) is 18.0 Å². The van der Waals surface area contributed by atoms with E-state index >= 15 is 0 Å². The minimum Gasteiger partial charge on any atom is -0.459 e. The van der Waals surface area contributed by atoms with E-state index in [-0.39, 0.29) is 23.6 Å². The predicted molar refractivity (Wildman–Crippen MR) is 109 cm³/mol. The molecule has 6 nitrogen and oxygen atoms in total. The molecule has 152 valence electrons. The number of esters is 2. The third kappa shape index (κ3) is 4.83. The van der Waals surface area contributed by atoms with Crippen molar-refractivity contribution in [1.82, 2.24) is 0 Å². The van der Waals surface area contributed by atoms with Crippen LogP contribution in [0.1, 0.15) is 51.0 Å². The molecule has 0 aliphatic heterocycles. The second kappa shape index (κ2) is 8.47. The molecule has 0 bridgehead atoms. The van der Waals surface area contributed by atoms with E-state index < -0.39 is 5.97 Å². The number of rotatable bonds is 5. The molecule has 1 saturated carbocycles. The Labute approximate surface area is 168 Å². The summed E-state index contributed by atoms with van der Waals surface area (Å²) >= 11 is 0. The zero-order valence-corrected chi connectivity index (χ0v) is 16.7. The first-order valence-electron chi connectivity index (χ1n) is 9.56. The van der Waals surface area contributed by atoms with E-state index in [2.05, 4.69) is 13.2 Å². The van der Waals surface area contributed by atoms with Crippen LogP contribution in [0.3, 0.4) is 0 Å². The van der Waals surface area contributed by atoms with E-state index in [4.69, 9.17) is 13.9 Å². The third-order valence-electron chi connectivity index (χ3n) is 5.03. The quantitative estimate of drug-likeness (QED) is 0.322. The van der Waals surface area contributed by atoms with E-state index in [1.54, 1.807) is 38.1 Å². The summed E-state index contributed by atoms with van der Waals surface area (Å²) in [6.45, 7) is 10.4. The maximum Gasteiger partial charge on any atom is 0.339 e. The van der Waals surface area contributed by atoms with Crippen LogP contribution in [0.2, 0.25) is 0 Å². The Hall–Kier alpha value is -3.15. The lowest BCUT2D eigenvalue weighted by molar-refractivity contribution is -0.145. The lowest BCUT2D eigenvalue weighted by Crippen LogP contribution is -2.25. The Morgan fingerprint density at radius 3 is 2.28 bits per heavy atom. The van der Waals surface area contributed by atoms with E-state index in [0.29, 0.717) is 46.3 Å².